The molecule has 27 heavy (non-hydrogen) atoms. The van der Waals surface area contributed by atoms with Crippen molar-refractivity contribution in [3.63, 3.8) is 0 Å². The molecule has 0 unspecified atom stereocenters. The van der Waals surface area contributed by atoms with E-state index in [4.69, 9.17) is 24.4 Å². The lowest BCUT2D eigenvalue weighted by molar-refractivity contribution is 0.612. The number of thiocarbonyl (C=S) groups is 2. The van der Waals surface area contributed by atoms with Gasteiger partial charge in [-0.05, 0) is 44.3 Å². The van der Waals surface area contributed by atoms with Gasteiger partial charge in [-0.3, -0.25) is 0 Å². The second kappa shape index (κ2) is 22.6. The van der Waals surface area contributed by atoms with Gasteiger partial charge in [-0.1, -0.05) is 109 Å². The summed E-state index contributed by atoms with van der Waals surface area (Å²) in [5, 5.41) is 3.43. The number of hydrogen-bond donors (Lipinski definition) is 1. The molecule has 0 bridgehead atoms. The van der Waals surface area contributed by atoms with E-state index < -0.39 is 0 Å². The van der Waals surface area contributed by atoms with Crippen LogP contribution in [0.1, 0.15) is 123 Å². The third-order valence-corrected chi connectivity index (χ3v) is 6.82. The van der Waals surface area contributed by atoms with Crippen molar-refractivity contribution >= 4 is 45.4 Å². The fourth-order valence-electron chi connectivity index (χ4n) is 3.09. The lowest BCUT2D eigenvalue weighted by Crippen LogP contribution is -2.22. The van der Waals surface area contributed by atoms with Crippen LogP contribution in [-0.2, 0) is 0 Å². The van der Waals surface area contributed by atoms with Crippen LogP contribution in [0.3, 0.4) is 0 Å². The first-order valence-electron chi connectivity index (χ1n) is 11.6. The summed E-state index contributed by atoms with van der Waals surface area (Å²) in [4.78, 5) is 1.07. The average molecular weight is 432 g/mol. The minimum absolute atomic E-state index is 1.04. The van der Waals surface area contributed by atoms with E-state index in [-0.39, 0.29) is 0 Å². The van der Waals surface area contributed by atoms with Crippen molar-refractivity contribution in [2.24, 2.45) is 0 Å². The van der Waals surface area contributed by atoms with Crippen molar-refractivity contribution in [2.45, 2.75) is 123 Å². The molecule has 0 aromatic heterocycles. The Morgan fingerprint density at radius 1 is 0.630 bits per heavy atom. The molecule has 0 amide bonds. The topological polar surface area (TPSA) is 12.0 Å². The molecule has 0 aromatic carbocycles. The molecule has 4 heteroatoms. The molecule has 0 aliphatic heterocycles. The lowest BCUT2D eigenvalue weighted by atomic mass is 10.1. The van der Waals surface area contributed by atoms with Crippen LogP contribution in [-0.4, -0.2) is 21.5 Å². The van der Waals surface area contributed by atoms with Gasteiger partial charge in [0.2, 0.25) is 0 Å². The Balaban J connectivity index is 3.27. The van der Waals surface area contributed by atoms with Gasteiger partial charge in [0.05, 0.1) is 4.99 Å². The van der Waals surface area contributed by atoms with Gasteiger partial charge in [0.25, 0.3) is 0 Å². The summed E-state index contributed by atoms with van der Waals surface area (Å²) in [6, 6.07) is 0. The molecule has 0 aliphatic carbocycles. The number of thioether (sulfide) groups is 1. The van der Waals surface area contributed by atoms with E-state index in [2.05, 4.69) is 19.2 Å². The van der Waals surface area contributed by atoms with Crippen LogP contribution in [0, 0.1) is 0 Å². The van der Waals surface area contributed by atoms with E-state index in [0.29, 0.717) is 0 Å². The Morgan fingerprint density at radius 2 is 1.15 bits per heavy atom. The standard InChI is InChI=1S/C23H45NS3/c1-3-5-7-9-11-14-18-22(25)24-20-16-13-17-21-27-23(26)19-15-12-10-8-6-4-2/h3-21H2,1-2H3,(H,24,25). The van der Waals surface area contributed by atoms with E-state index in [0.717, 1.165) is 24.4 Å². The van der Waals surface area contributed by atoms with Crippen molar-refractivity contribution in [3.8, 4) is 0 Å². The van der Waals surface area contributed by atoms with Crippen LogP contribution in [0.25, 0.3) is 0 Å². The average Bonchev–Trinajstić information content (AvgIpc) is 2.66. The highest BCUT2D eigenvalue weighted by Crippen LogP contribution is 2.15. The second-order valence-corrected chi connectivity index (χ2v) is 10.1. The maximum absolute atomic E-state index is 5.50. The summed E-state index contributed by atoms with van der Waals surface area (Å²) in [5.41, 5.74) is 0. The SMILES string of the molecule is CCCCCCCCC(=S)NCCCCCSC(=S)CCCCCCCC. The van der Waals surface area contributed by atoms with Crippen LogP contribution in [0.4, 0.5) is 0 Å². The molecule has 0 heterocycles. The van der Waals surface area contributed by atoms with Gasteiger partial charge in [0.1, 0.15) is 0 Å². The third-order valence-electron chi connectivity index (χ3n) is 4.90. The summed E-state index contributed by atoms with van der Waals surface area (Å²) in [7, 11) is 0. The Kier molecular flexibility index (Phi) is 22.9. The second-order valence-electron chi connectivity index (χ2n) is 7.67. The van der Waals surface area contributed by atoms with E-state index in [9.17, 15) is 0 Å². The normalized spacial score (nSPS) is 10.9. The summed E-state index contributed by atoms with van der Waals surface area (Å²) in [5.74, 6) is 1.19. The fraction of sp³-hybridized carbons (Fsp3) is 0.913. The highest BCUT2D eigenvalue weighted by Gasteiger charge is 2.00. The number of unbranched alkanes of at least 4 members (excludes halogenated alkanes) is 12. The van der Waals surface area contributed by atoms with Crippen molar-refractivity contribution < 1.29 is 0 Å². The van der Waals surface area contributed by atoms with E-state index in [1.54, 1.807) is 0 Å². The minimum Gasteiger partial charge on any atom is -0.380 e. The van der Waals surface area contributed by atoms with Crippen molar-refractivity contribution in [3.05, 3.63) is 0 Å². The smallest absolute Gasteiger partial charge is 0.0753 e. The first-order chi connectivity index (χ1) is 13.2. The van der Waals surface area contributed by atoms with Gasteiger partial charge in [-0.25, -0.2) is 0 Å². The molecule has 0 radical (unpaired) electrons. The third kappa shape index (κ3) is 22.5. The molecule has 1 nitrogen and oxygen atoms in total. The summed E-state index contributed by atoms with van der Waals surface area (Å²) in [6.45, 7) is 5.58. The first kappa shape index (κ1) is 27.3. The Bertz CT molecular complexity index is 313. The van der Waals surface area contributed by atoms with Gasteiger partial charge in [-0.2, -0.15) is 0 Å². The van der Waals surface area contributed by atoms with Crippen LogP contribution < -0.4 is 5.32 Å². The largest absolute Gasteiger partial charge is 0.380 e. The van der Waals surface area contributed by atoms with Crippen molar-refractivity contribution in [1.82, 2.24) is 5.32 Å². The van der Waals surface area contributed by atoms with Crippen molar-refractivity contribution in [2.75, 3.05) is 12.3 Å². The molecular weight excluding hydrogens is 386 g/mol. The number of rotatable bonds is 20. The van der Waals surface area contributed by atoms with Gasteiger partial charge in [0.15, 0.2) is 0 Å². The van der Waals surface area contributed by atoms with E-state index in [1.807, 2.05) is 11.8 Å². The molecule has 1 N–H and O–H groups in total. The molecular formula is C23H45NS3. The van der Waals surface area contributed by atoms with Crippen LogP contribution in [0.2, 0.25) is 0 Å². The molecule has 0 fully saturated rings. The quantitative estimate of drug-likeness (QED) is 0.153. The summed E-state index contributed by atoms with van der Waals surface area (Å²) in [6.07, 6.45) is 22.2. The molecule has 0 aromatic rings. The van der Waals surface area contributed by atoms with Gasteiger partial charge in [0, 0.05) is 10.7 Å². The Hall–Kier alpha value is 0.330. The molecule has 0 rings (SSSR count). The van der Waals surface area contributed by atoms with Gasteiger partial charge < -0.3 is 5.32 Å². The lowest BCUT2D eigenvalue weighted by Gasteiger charge is -2.08. The van der Waals surface area contributed by atoms with E-state index >= 15 is 0 Å². The zero-order valence-electron chi connectivity index (χ0n) is 18.2. The highest BCUT2D eigenvalue weighted by molar-refractivity contribution is 8.23. The van der Waals surface area contributed by atoms with Gasteiger partial charge >= 0.3 is 0 Å². The highest BCUT2D eigenvalue weighted by atomic mass is 32.2. The van der Waals surface area contributed by atoms with Crippen LogP contribution in [0.5, 0.6) is 0 Å². The monoisotopic (exact) mass is 431 g/mol. The number of hydrogen-bond acceptors (Lipinski definition) is 3. The predicted octanol–water partition coefficient (Wildman–Crippen LogP) is 8.64. The fourth-order valence-corrected chi connectivity index (χ4v) is 4.60. The van der Waals surface area contributed by atoms with Crippen LogP contribution in [0.15, 0.2) is 0 Å². The summed E-state index contributed by atoms with van der Waals surface area (Å²) >= 11 is 12.8. The first-order valence-corrected chi connectivity index (χ1v) is 13.4. The molecule has 160 valence electrons. The maximum Gasteiger partial charge on any atom is 0.0753 e. The zero-order chi connectivity index (χ0) is 20.0. The van der Waals surface area contributed by atoms with Gasteiger partial charge in [-0.15, -0.1) is 11.8 Å². The number of nitrogens with one attached hydrogen (secondary N) is 1. The predicted molar refractivity (Wildman–Crippen MR) is 135 cm³/mol. The molecule has 0 atom stereocenters. The molecule has 0 saturated heterocycles. The maximum atomic E-state index is 5.50. The summed E-state index contributed by atoms with van der Waals surface area (Å²) < 4.78 is 1.23. The molecule has 0 spiro atoms. The van der Waals surface area contributed by atoms with Crippen molar-refractivity contribution in [1.29, 1.82) is 0 Å². The van der Waals surface area contributed by atoms with E-state index in [1.165, 1.54) is 106 Å². The zero-order valence-corrected chi connectivity index (χ0v) is 20.6. The minimum atomic E-state index is 1.04. The molecule has 0 saturated carbocycles. The Labute approximate surface area is 185 Å². The molecule has 0 aliphatic rings. The Morgan fingerprint density at radius 3 is 1.78 bits per heavy atom. The van der Waals surface area contributed by atoms with Crippen LogP contribution >= 0.6 is 36.2 Å².